The summed E-state index contributed by atoms with van der Waals surface area (Å²) >= 11 is 0. The number of piperazine rings is 1. The van der Waals surface area contributed by atoms with Gasteiger partial charge in [0, 0.05) is 38.8 Å². The van der Waals surface area contributed by atoms with Gasteiger partial charge in [-0.25, -0.2) is 0 Å². The Morgan fingerprint density at radius 2 is 2.13 bits per heavy atom. The van der Waals surface area contributed by atoms with Gasteiger partial charge >= 0.3 is 0 Å². The van der Waals surface area contributed by atoms with Crippen LogP contribution < -0.4 is 5.32 Å². The predicted molar refractivity (Wildman–Crippen MR) is 64.2 cm³/mol. The molecule has 3 nitrogen and oxygen atoms in total. The normalized spacial score (nSPS) is 24.4. The first-order valence-electron chi connectivity index (χ1n) is 6.17. The summed E-state index contributed by atoms with van der Waals surface area (Å²) in [5.74, 6) is 0. The van der Waals surface area contributed by atoms with Crippen LogP contribution >= 0.6 is 0 Å². The van der Waals surface area contributed by atoms with Gasteiger partial charge in [0.15, 0.2) is 0 Å². The number of hydrogen-bond donors (Lipinski definition) is 1. The van der Waals surface area contributed by atoms with Crippen LogP contribution in [0.3, 0.4) is 0 Å². The molecular weight excluding hydrogens is 188 g/mol. The summed E-state index contributed by atoms with van der Waals surface area (Å²) < 4.78 is 5.74. The van der Waals surface area contributed by atoms with Gasteiger partial charge < -0.3 is 10.1 Å². The maximum atomic E-state index is 5.74. The summed E-state index contributed by atoms with van der Waals surface area (Å²) in [5.41, 5.74) is -0.00954. The van der Waals surface area contributed by atoms with E-state index in [2.05, 4.69) is 37.9 Å². The summed E-state index contributed by atoms with van der Waals surface area (Å²) in [6.45, 7) is 13.9. The third-order valence-corrected chi connectivity index (χ3v) is 2.97. The minimum absolute atomic E-state index is 0.00954. The molecule has 0 aromatic heterocycles. The van der Waals surface area contributed by atoms with E-state index < -0.39 is 0 Å². The van der Waals surface area contributed by atoms with Crippen molar-refractivity contribution in [3.05, 3.63) is 0 Å². The molecule has 1 aliphatic heterocycles. The Bertz CT molecular complexity index is 182. The average molecular weight is 214 g/mol. The fourth-order valence-corrected chi connectivity index (χ4v) is 2.29. The number of nitrogens with one attached hydrogen (secondary N) is 1. The van der Waals surface area contributed by atoms with Gasteiger partial charge in [-0.1, -0.05) is 6.92 Å². The van der Waals surface area contributed by atoms with Crippen LogP contribution in [-0.4, -0.2) is 49.3 Å². The Balaban J connectivity index is 2.36. The summed E-state index contributed by atoms with van der Waals surface area (Å²) in [5, 5.41) is 3.53. The van der Waals surface area contributed by atoms with Crippen LogP contribution in [0.5, 0.6) is 0 Å². The third kappa shape index (κ3) is 4.49. The van der Waals surface area contributed by atoms with Crippen molar-refractivity contribution >= 4 is 0 Å². The minimum Gasteiger partial charge on any atom is -0.375 e. The number of rotatable bonds is 5. The number of ether oxygens (including phenoxy) is 1. The maximum absolute atomic E-state index is 5.74. The van der Waals surface area contributed by atoms with E-state index >= 15 is 0 Å². The van der Waals surface area contributed by atoms with E-state index in [1.54, 1.807) is 0 Å². The molecule has 0 radical (unpaired) electrons. The molecule has 90 valence electrons. The first kappa shape index (κ1) is 12.9. The number of hydrogen-bond acceptors (Lipinski definition) is 3. The van der Waals surface area contributed by atoms with Crippen molar-refractivity contribution in [2.24, 2.45) is 0 Å². The van der Waals surface area contributed by atoms with Crippen molar-refractivity contribution in [3.8, 4) is 0 Å². The predicted octanol–water partition coefficient (Wildman–Crippen LogP) is 1.49. The molecule has 1 saturated heterocycles. The summed E-state index contributed by atoms with van der Waals surface area (Å²) in [4.78, 5) is 2.51. The maximum Gasteiger partial charge on any atom is 0.0752 e. The van der Waals surface area contributed by atoms with Gasteiger partial charge in [-0.15, -0.1) is 0 Å². The molecule has 1 unspecified atom stereocenters. The van der Waals surface area contributed by atoms with E-state index in [1.165, 1.54) is 6.42 Å². The molecule has 1 rings (SSSR count). The average Bonchev–Trinajstić information content (AvgIpc) is 2.17. The SMILES string of the molecule is CCOC(C)(C)CN1CCNC(CC)C1. The van der Waals surface area contributed by atoms with E-state index in [-0.39, 0.29) is 5.60 Å². The van der Waals surface area contributed by atoms with Gasteiger partial charge in [-0.3, -0.25) is 4.90 Å². The Hall–Kier alpha value is -0.120. The monoisotopic (exact) mass is 214 g/mol. The van der Waals surface area contributed by atoms with Gasteiger partial charge in [-0.05, 0) is 27.2 Å². The van der Waals surface area contributed by atoms with Crippen LogP contribution in [-0.2, 0) is 4.74 Å². The van der Waals surface area contributed by atoms with Gasteiger partial charge in [0.05, 0.1) is 5.60 Å². The lowest BCUT2D eigenvalue weighted by Crippen LogP contribution is -2.54. The van der Waals surface area contributed by atoms with Crippen LogP contribution in [0.2, 0.25) is 0 Å². The molecule has 0 aromatic carbocycles. The molecule has 1 heterocycles. The second-order valence-electron chi connectivity index (χ2n) is 4.99. The molecule has 1 atom stereocenters. The molecule has 1 N–H and O–H groups in total. The Labute approximate surface area is 94.2 Å². The van der Waals surface area contributed by atoms with Crippen molar-refractivity contribution in [3.63, 3.8) is 0 Å². The molecule has 0 spiro atoms. The van der Waals surface area contributed by atoms with Crippen molar-refractivity contribution in [1.29, 1.82) is 0 Å². The molecule has 0 bridgehead atoms. The van der Waals surface area contributed by atoms with Crippen LogP contribution in [0.4, 0.5) is 0 Å². The zero-order valence-corrected chi connectivity index (χ0v) is 10.7. The summed E-state index contributed by atoms with van der Waals surface area (Å²) in [6.07, 6.45) is 1.21. The fourth-order valence-electron chi connectivity index (χ4n) is 2.29. The highest BCUT2D eigenvalue weighted by Gasteiger charge is 2.25. The zero-order valence-electron chi connectivity index (χ0n) is 10.7. The van der Waals surface area contributed by atoms with Crippen molar-refractivity contribution < 1.29 is 4.74 Å². The lowest BCUT2D eigenvalue weighted by atomic mass is 10.1. The molecule has 15 heavy (non-hydrogen) atoms. The van der Waals surface area contributed by atoms with Crippen molar-refractivity contribution in [2.45, 2.75) is 45.8 Å². The largest absolute Gasteiger partial charge is 0.375 e. The van der Waals surface area contributed by atoms with E-state index in [0.29, 0.717) is 6.04 Å². The topological polar surface area (TPSA) is 24.5 Å². The summed E-state index contributed by atoms with van der Waals surface area (Å²) in [7, 11) is 0. The third-order valence-electron chi connectivity index (χ3n) is 2.97. The highest BCUT2D eigenvalue weighted by atomic mass is 16.5. The van der Waals surface area contributed by atoms with Gasteiger partial charge in [0.25, 0.3) is 0 Å². The highest BCUT2D eigenvalue weighted by molar-refractivity contribution is 4.82. The Kier molecular flexibility index (Phi) is 5.03. The van der Waals surface area contributed by atoms with E-state index in [0.717, 1.165) is 32.8 Å². The molecule has 1 fully saturated rings. The highest BCUT2D eigenvalue weighted by Crippen LogP contribution is 2.13. The second kappa shape index (κ2) is 5.83. The summed E-state index contributed by atoms with van der Waals surface area (Å²) in [6, 6.07) is 0.663. The number of nitrogens with zero attached hydrogens (tertiary/aromatic N) is 1. The lowest BCUT2D eigenvalue weighted by molar-refractivity contribution is -0.0384. The van der Waals surface area contributed by atoms with Crippen LogP contribution in [0, 0.1) is 0 Å². The molecule has 3 heteroatoms. The first-order valence-corrected chi connectivity index (χ1v) is 6.17. The van der Waals surface area contributed by atoms with Crippen molar-refractivity contribution in [1.82, 2.24) is 10.2 Å². The fraction of sp³-hybridized carbons (Fsp3) is 1.00. The van der Waals surface area contributed by atoms with E-state index in [9.17, 15) is 0 Å². The van der Waals surface area contributed by atoms with Crippen molar-refractivity contribution in [2.75, 3.05) is 32.8 Å². The van der Waals surface area contributed by atoms with Gasteiger partial charge in [0.2, 0.25) is 0 Å². The molecule has 0 aliphatic carbocycles. The smallest absolute Gasteiger partial charge is 0.0752 e. The van der Waals surface area contributed by atoms with Crippen LogP contribution in [0.15, 0.2) is 0 Å². The van der Waals surface area contributed by atoms with Crippen LogP contribution in [0.25, 0.3) is 0 Å². The lowest BCUT2D eigenvalue weighted by Gasteiger charge is -2.38. The molecular formula is C12H26N2O. The molecule has 0 amide bonds. The van der Waals surface area contributed by atoms with Gasteiger partial charge in [0.1, 0.15) is 0 Å². The molecule has 1 aliphatic rings. The van der Waals surface area contributed by atoms with E-state index in [1.807, 2.05) is 0 Å². The van der Waals surface area contributed by atoms with Gasteiger partial charge in [-0.2, -0.15) is 0 Å². The quantitative estimate of drug-likeness (QED) is 0.750. The van der Waals surface area contributed by atoms with Crippen LogP contribution in [0.1, 0.15) is 34.1 Å². The standard InChI is InChI=1S/C12H26N2O/c1-5-11-9-14(8-7-13-11)10-12(3,4)15-6-2/h11,13H,5-10H2,1-4H3. The Morgan fingerprint density at radius 3 is 2.73 bits per heavy atom. The molecule has 0 aromatic rings. The first-order chi connectivity index (χ1) is 7.07. The molecule has 0 saturated carbocycles. The second-order valence-corrected chi connectivity index (χ2v) is 4.99. The van der Waals surface area contributed by atoms with E-state index in [4.69, 9.17) is 4.74 Å². The zero-order chi connectivity index (χ0) is 11.3. The Morgan fingerprint density at radius 1 is 1.40 bits per heavy atom. The minimum atomic E-state index is -0.00954.